The standard InChI is InChI=1S/C16H18ClNO3/c1-20-12-5-3-11(4-6-12)16(19)10-18-15-9-13(21-2)7-8-14(15)17/h3-9,16,18-19H,10H2,1-2H3. The van der Waals surface area contributed by atoms with E-state index in [9.17, 15) is 5.11 Å². The van der Waals surface area contributed by atoms with Gasteiger partial charge in [0.15, 0.2) is 0 Å². The van der Waals surface area contributed by atoms with E-state index in [2.05, 4.69) is 5.32 Å². The summed E-state index contributed by atoms with van der Waals surface area (Å²) in [4.78, 5) is 0. The quantitative estimate of drug-likeness (QED) is 0.857. The van der Waals surface area contributed by atoms with Gasteiger partial charge in [0.2, 0.25) is 0 Å². The van der Waals surface area contributed by atoms with E-state index >= 15 is 0 Å². The molecule has 5 heteroatoms. The number of aliphatic hydroxyl groups excluding tert-OH is 1. The molecule has 112 valence electrons. The molecule has 0 radical (unpaired) electrons. The van der Waals surface area contributed by atoms with Gasteiger partial charge in [-0.3, -0.25) is 0 Å². The largest absolute Gasteiger partial charge is 0.497 e. The smallest absolute Gasteiger partial charge is 0.121 e. The average Bonchev–Trinajstić information content (AvgIpc) is 2.54. The summed E-state index contributed by atoms with van der Waals surface area (Å²) < 4.78 is 10.2. The molecule has 0 saturated heterocycles. The summed E-state index contributed by atoms with van der Waals surface area (Å²) in [5, 5.41) is 13.9. The number of anilines is 1. The molecule has 0 fully saturated rings. The van der Waals surface area contributed by atoms with Gasteiger partial charge in [0.25, 0.3) is 0 Å². The van der Waals surface area contributed by atoms with Crippen molar-refractivity contribution in [2.24, 2.45) is 0 Å². The summed E-state index contributed by atoms with van der Waals surface area (Å²) in [6.07, 6.45) is -0.641. The number of hydrogen-bond donors (Lipinski definition) is 2. The molecule has 4 nitrogen and oxygen atoms in total. The van der Waals surface area contributed by atoms with Crippen molar-refractivity contribution < 1.29 is 14.6 Å². The van der Waals surface area contributed by atoms with Crippen molar-refractivity contribution in [1.82, 2.24) is 0 Å². The third-order valence-electron chi connectivity index (χ3n) is 3.16. The van der Waals surface area contributed by atoms with Crippen LogP contribution in [0.2, 0.25) is 5.02 Å². The minimum atomic E-state index is -0.641. The van der Waals surface area contributed by atoms with Crippen LogP contribution in [0, 0.1) is 0 Å². The molecular formula is C16H18ClNO3. The molecule has 1 unspecified atom stereocenters. The van der Waals surface area contributed by atoms with Gasteiger partial charge in [0, 0.05) is 12.6 Å². The van der Waals surface area contributed by atoms with Gasteiger partial charge >= 0.3 is 0 Å². The van der Waals surface area contributed by atoms with E-state index in [0.29, 0.717) is 17.3 Å². The van der Waals surface area contributed by atoms with Gasteiger partial charge in [-0.15, -0.1) is 0 Å². The molecule has 2 N–H and O–H groups in total. The molecule has 0 saturated carbocycles. The number of nitrogens with one attached hydrogen (secondary N) is 1. The molecule has 2 aromatic rings. The Labute approximate surface area is 129 Å². The first-order chi connectivity index (χ1) is 10.1. The van der Waals surface area contributed by atoms with Gasteiger partial charge in [-0.05, 0) is 29.8 Å². The number of hydrogen-bond acceptors (Lipinski definition) is 4. The lowest BCUT2D eigenvalue weighted by atomic mass is 10.1. The summed E-state index contributed by atoms with van der Waals surface area (Å²) >= 11 is 6.11. The highest BCUT2D eigenvalue weighted by atomic mass is 35.5. The molecule has 0 amide bonds. The van der Waals surface area contributed by atoms with E-state index in [1.54, 1.807) is 32.4 Å². The van der Waals surface area contributed by atoms with Crippen LogP contribution in [0.4, 0.5) is 5.69 Å². The fraction of sp³-hybridized carbons (Fsp3) is 0.250. The summed E-state index contributed by atoms with van der Waals surface area (Å²) in [6, 6.07) is 12.6. The van der Waals surface area contributed by atoms with Crippen molar-refractivity contribution in [2.45, 2.75) is 6.10 Å². The predicted molar refractivity (Wildman–Crippen MR) is 84.4 cm³/mol. The Balaban J connectivity index is 2.01. The van der Waals surface area contributed by atoms with Crippen LogP contribution in [0.25, 0.3) is 0 Å². The lowest BCUT2D eigenvalue weighted by molar-refractivity contribution is 0.191. The van der Waals surface area contributed by atoms with Gasteiger partial charge in [0.05, 0.1) is 31.0 Å². The van der Waals surface area contributed by atoms with Gasteiger partial charge in [-0.25, -0.2) is 0 Å². The second kappa shape index (κ2) is 7.20. The lowest BCUT2D eigenvalue weighted by Crippen LogP contribution is -2.12. The van der Waals surface area contributed by atoms with Crippen molar-refractivity contribution in [3.63, 3.8) is 0 Å². The maximum Gasteiger partial charge on any atom is 0.121 e. The van der Waals surface area contributed by atoms with E-state index in [0.717, 1.165) is 17.0 Å². The Bertz CT molecular complexity index is 587. The summed E-state index contributed by atoms with van der Waals surface area (Å²) in [6.45, 7) is 0.346. The fourth-order valence-corrected chi connectivity index (χ4v) is 2.10. The maximum absolute atomic E-state index is 10.2. The fourth-order valence-electron chi connectivity index (χ4n) is 1.92. The second-order valence-corrected chi connectivity index (χ2v) is 4.92. The van der Waals surface area contributed by atoms with Crippen LogP contribution >= 0.6 is 11.6 Å². The molecule has 0 aromatic heterocycles. The van der Waals surface area contributed by atoms with Crippen LogP contribution in [0.3, 0.4) is 0 Å². The van der Waals surface area contributed by atoms with Crippen LogP contribution < -0.4 is 14.8 Å². The van der Waals surface area contributed by atoms with E-state index in [4.69, 9.17) is 21.1 Å². The SMILES string of the molecule is COc1ccc(C(O)CNc2cc(OC)ccc2Cl)cc1. The number of benzene rings is 2. The summed E-state index contributed by atoms with van der Waals surface area (Å²) in [5.41, 5.74) is 1.53. The topological polar surface area (TPSA) is 50.7 Å². The molecule has 0 aliphatic carbocycles. The third kappa shape index (κ3) is 4.03. The average molecular weight is 308 g/mol. The van der Waals surface area contributed by atoms with Crippen molar-refractivity contribution >= 4 is 17.3 Å². The van der Waals surface area contributed by atoms with Crippen LogP contribution in [0.5, 0.6) is 11.5 Å². The minimum Gasteiger partial charge on any atom is -0.497 e. The molecular weight excluding hydrogens is 290 g/mol. The van der Waals surface area contributed by atoms with Crippen molar-refractivity contribution in [3.8, 4) is 11.5 Å². The molecule has 0 heterocycles. The Morgan fingerprint density at radius 1 is 1.05 bits per heavy atom. The first-order valence-electron chi connectivity index (χ1n) is 6.53. The number of ether oxygens (including phenoxy) is 2. The maximum atomic E-state index is 10.2. The molecule has 2 rings (SSSR count). The van der Waals surface area contributed by atoms with Gasteiger partial charge in [-0.1, -0.05) is 23.7 Å². The Morgan fingerprint density at radius 2 is 1.67 bits per heavy atom. The highest BCUT2D eigenvalue weighted by Gasteiger charge is 2.09. The molecule has 0 spiro atoms. The Hall–Kier alpha value is -1.91. The Kier molecular flexibility index (Phi) is 5.31. The van der Waals surface area contributed by atoms with E-state index in [1.807, 2.05) is 24.3 Å². The second-order valence-electron chi connectivity index (χ2n) is 4.52. The van der Waals surface area contributed by atoms with Gasteiger partial charge in [-0.2, -0.15) is 0 Å². The third-order valence-corrected chi connectivity index (χ3v) is 3.49. The lowest BCUT2D eigenvalue weighted by Gasteiger charge is -2.15. The van der Waals surface area contributed by atoms with Crippen molar-refractivity contribution in [3.05, 3.63) is 53.1 Å². The van der Waals surface area contributed by atoms with Crippen molar-refractivity contribution in [1.29, 1.82) is 0 Å². The number of aliphatic hydroxyl groups is 1. The molecule has 0 bridgehead atoms. The van der Waals surface area contributed by atoms with Crippen LogP contribution in [0.1, 0.15) is 11.7 Å². The first-order valence-corrected chi connectivity index (χ1v) is 6.91. The normalized spacial score (nSPS) is 11.8. The van der Waals surface area contributed by atoms with E-state index in [1.165, 1.54) is 0 Å². The summed E-state index contributed by atoms with van der Waals surface area (Å²) in [5.74, 6) is 1.47. The monoisotopic (exact) mass is 307 g/mol. The Morgan fingerprint density at radius 3 is 2.29 bits per heavy atom. The first kappa shape index (κ1) is 15.5. The predicted octanol–water partition coefficient (Wildman–Crippen LogP) is 3.50. The van der Waals surface area contributed by atoms with Gasteiger partial charge in [0.1, 0.15) is 11.5 Å². The number of rotatable bonds is 6. The number of halogens is 1. The highest BCUT2D eigenvalue weighted by Crippen LogP contribution is 2.27. The molecule has 0 aliphatic heterocycles. The minimum absolute atomic E-state index is 0.346. The van der Waals surface area contributed by atoms with Crippen LogP contribution in [-0.4, -0.2) is 25.9 Å². The summed E-state index contributed by atoms with van der Waals surface area (Å²) in [7, 11) is 3.21. The molecule has 0 aliphatic rings. The highest BCUT2D eigenvalue weighted by molar-refractivity contribution is 6.33. The van der Waals surface area contributed by atoms with Crippen LogP contribution in [0.15, 0.2) is 42.5 Å². The number of methoxy groups -OCH3 is 2. The van der Waals surface area contributed by atoms with E-state index in [-0.39, 0.29) is 0 Å². The zero-order valence-electron chi connectivity index (χ0n) is 12.0. The van der Waals surface area contributed by atoms with Crippen molar-refractivity contribution in [2.75, 3.05) is 26.1 Å². The van der Waals surface area contributed by atoms with Crippen LogP contribution in [-0.2, 0) is 0 Å². The zero-order valence-corrected chi connectivity index (χ0v) is 12.7. The van der Waals surface area contributed by atoms with Gasteiger partial charge < -0.3 is 19.9 Å². The molecule has 2 aromatic carbocycles. The molecule has 21 heavy (non-hydrogen) atoms. The molecule has 1 atom stereocenters. The zero-order chi connectivity index (χ0) is 15.2. The van der Waals surface area contributed by atoms with E-state index < -0.39 is 6.10 Å².